The molecule has 0 unspecified atom stereocenters. The number of piperazine rings is 1. The number of rotatable bonds is 5. The number of hydrogen-bond donors (Lipinski definition) is 1. The largest absolute Gasteiger partial charge is 0.493 e. The number of carbonyl (C=O) groups excluding carboxylic acids is 2. The van der Waals surface area contributed by atoms with Crippen LogP contribution in [-0.2, 0) is 4.74 Å². The normalized spacial score (nSPS) is 14.1. The highest BCUT2D eigenvalue weighted by Crippen LogP contribution is 2.44. The molecule has 0 saturated carbocycles. The van der Waals surface area contributed by atoms with Gasteiger partial charge in [0.05, 0.1) is 44.4 Å². The van der Waals surface area contributed by atoms with Gasteiger partial charge in [-0.25, -0.2) is 4.79 Å². The third-order valence-corrected chi connectivity index (χ3v) is 4.79. The minimum Gasteiger partial charge on any atom is -0.493 e. The Bertz CT molecular complexity index is 870. The first-order valence-electron chi connectivity index (χ1n) is 9.06. The van der Waals surface area contributed by atoms with E-state index in [-0.39, 0.29) is 12.0 Å². The van der Waals surface area contributed by atoms with Gasteiger partial charge in [0.1, 0.15) is 0 Å². The molecule has 2 amide bonds. The Morgan fingerprint density at radius 3 is 2.21 bits per heavy atom. The van der Waals surface area contributed by atoms with Gasteiger partial charge in [0.25, 0.3) is 5.91 Å². The van der Waals surface area contributed by atoms with Crippen molar-refractivity contribution in [2.24, 2.45) is 0 Å². The Hall–Kier alpha value is -3.10. The Morgan fingerprint density at radius 1 is 1.00 bits per heavy atom. The fourth-order valence-corrected chi connectivity index (χ4v) is 3.41. The maximum atomic E-state index is 13.1. The highest BCUT2D eigenvalue weighted by Gasteiger charge is 2.29. The maximum Gasteiger partial charge on any atom is 0.409 e. The highest BCUT2D eigenvalue weighted by atomic mass is 16.6. The van der Waals surface area contributed by atoms with Gasteiger partial charge in [0.2, 0.25) is 5.75 Å². The van der Waals surface area contributed by atoms with E-state index in [9.17, 15) is 9.59 Å². The van der Waals surface area contributed by atoms with Gasteiger partial charge >= 0.3 is 6.09 Å². The summed E-state index contributed by atoms with van der Waals surface area (Å²) in [6.07, 6.45) is 1.31. The molecule has 0 atom stereocenters. The van der Waals surface area contributed by atoms with Crippen LogP contribution in [-0.4, -0.2) is 80.9 Å². The topological polar surface area (TPSA) is 93.3 Å². The lowest BCUT2D eigenvalue weighted by atomic mass is 10.1. The zero-order chi connectivity index (χ0) is 20.3. The van der Waals surface area contributed by atoms with Crippen molar-refractivity contribution in [2.45, 2.75) is 6.92 Å². The van der Waals surface area contributed by atoms with Crippen LogP contribution in [0, 0.1) is 0 Å². The molecular formula is C19H25N3O6. The highest BCUT2D eigenvalue weighted by molar-refractivity contribution is 6.10. The summed E-state index contributed by atoms with van der Waals surface area (Å²) in [5.41, 5.74) is 1.19. The third-order valence-electron chi connectivity index (χ3n) is 4.79. The molecule has 1 saturated heterocycles. The number of nitrogens with zero attached hydrogens (tertiary/aromatic N) is 2. The molecule has 1 aliphatic rings. The van der Waals surface area contributed by atoms with Crippen LogP contribution in [0.4, 0.5) is 4.79 Å². The van der Waals surface area contributed by atoms with E-state index in [1.165, 1.54) is 14.2 Å². The summed E-state index contributed by atoms with van der Waals surface area (Å²) in [5, 5.41) is 0.637. The SMILES string of the molecule is CCOC(=O)N1CCN(C(=O)c2c[nH]c3cc(OC)c(OC)c(OC)c23)CC1. The number of fused-ring (bicyclic) bond motifs is 1. The number of H-pyrrole nitrogens is 1. The van der Waals surface area contributed by atoms with E-state index in [4.69, 9.17) is 18.9 Å². The number of amides is 2. The smallest absolute Gasteiger partial charge is 0.409 e. The molecule has 1 aliphatic heterocycles. The Labute approximate surface area is 163 Å². The molecule has 2 heterocycles. The Kier molecular flexibility index (Phi) is 5.81. The van der Waals surface area contributed by atoms with Crippen molar-refractivity contribution in [3.05, 3.63) is 17.8 Å². The van der Waals surface area contributed by atoms with E-state index < -0.39 is 0 Å². The van der Waals surface area contributed by atoms with E-state index in [0.29, 0.717) is 66.5 Å². The van der Waals surface area contributed by atoms with Gasteiger partial charge in [-0.1, -0.05) is 0 Å². The van der Waals surface area contributed by atoms with Crippen LogP contribution in [0.3, 0.4) is 0 Å². The molecule has 0 spiro atoms. The third kappa shape index (κ3) is 3.39. The number of benzene rings is 1. The number of nitrogens with one attached hydrogen (secondary N) is 1. The summed E-state index contributed by atoms with van der Waals surface area (Å²) in [6, 6.07) is 1.77. The monoisotopic (exact) mass is 391 g/mol. The second kappa shape index (κ2) is 8.28. The van der Waals surface area contributed by atoms with Gasteiger partial charge < -0.3 is 33.7 Å². The lowest BCUT2D eigenvalue weighted by Crippen LogP contribution is -2.50. The van der Waals surface area contributed by atoms with Crippen LogP contribution in [0.15, 0.2) is 12.3 Å². The number of carbonyl (C=O) groups is 2. The minimum atomic E-state index is -0.347. The summed E-state index contributed by atoms with van der Waals surface area (Å²) in [6.45, 7) is 3.83. The average molecular weight is 391 g/mol. The maximum absolute atomic E-state index is 13.1. The summed E-state index contributed by atoms with van der Waals surface area (Å²) in [5.74, 6) is 1.24. The van der Waals surface area contributed by atoms with E-state index >= 15 is 0 Å². The van der Waals surface area contributed by atoms with E-state index in [1.807, 2.05) is 0 Å². The fraction of sp³-hybridized carbons (Fsp3) is 0.474. The van der Waals surface area contributed by atoms with E-state index in [2.05, 4.69) is 4.98 Å². The number of ether oxygens (including phenoxy) is 4. The zero-order valence-corrected chi connectivity index (χ0v) is 16.5. The Balaban J connectivity index is 1.88. The standard InChI is InChI=1S/C19H25N3O6/c1-5-28-19(24)22-8-6-21(7-9-22)18(23)12-11-20-13-10-14(25-2)16(26-3)17(27-4)15(12)13/h10-11,20H,5-9H2,1-4H3. The van der Waals surface area contributed by atoms with Gasteiger partial charge in [-0.3, -0.25) is 4.79 Å². The number of aromatic nitrogens is 1. The van der Waals surface area contributed by atoms with Crippen LogP contribution >= 0.6 is 0 Å². The first-order chi connectivity index (χ1) is 13.5. The van der Waals surface area contributed by atoms with Gasteiger partial charge in [-0.05, 0) is 6.92 Å². The van der Waals surface area contributed by atoms with Crippen LogP contribution in [0.1, 0.15) is 17.3 Å². The van der Waals surface area contributed by atoms with E-state index in [1.54, 1.807) is 36.1 Å². The van der Waals surface area contributed by atoms with Crippen LogP contribution < -0.4 is 14.2 Å². The molecule has 3 rings (SSSR count). The van der Waals surface area contributed by atoms with Crippen molar-refractivity contribution in [3.63, 3.8) is 0 Å². The van der Waals surface area contributed by atoms with Gasteiger partial charge in [0.15, 0.2) is 11.5 Å². The second-order valence-electron chi connectivity index (χ2n) is 6.25. The van der Waals surface area contributed by atoms with Crippen molar-refractivity contribution >= 4 is 22.9 Å². The number of aromatic amines is 1. The van der Waals surface area contributed by atoms with Crippen molar-refractivity contribution in [1.29, 1.82) is 0 Å². The van der Waals surface area contributed by atoms with Crippen molar-refractivity contribution in [1.82, 2.24) is 14.8 Å². The first-order valence-corrected chi connectivity index (χ1v) is 9.06. The first kappa shape index (κ1) is 19.7. The molecule has 0 bridgehead atoms. The molecule has 152 valence electrons. The van der Waals surface area contributed by atoms with Gasteiger partial charge in [-0.15, -0.1) is 0 Å². The quantitative estimate of drug-likeness (QED) is 0.839. The number of methoxy groups -OCH3 is 3. The fourth-order valence-electron chi connectivity index (χ4n) is 3.41. The summed E-state index contributed by atoms with van der Waals surface area (Å²) in [4.78, 5) is 31.4. The molecule has 1 aromatic carbocycles. The van der Waals surface area contributed by atoms with E-state index in [0.717, 1.165) is 0 Å². The number of hydrogen-bond acceptors (Lipinski definition) is 6. The molecule has 0 aliphatic carbocycles. The van der Waals surface area contributed by atoms with Crippen molar-refractivity contribution < 1.29 is 28.5 Å². The van der Waals surface area contributed by atoms with Crippen LogP contribution in [0.2, 0.25) is 0 Å². The lowest BCUT2D eigenvalue weighted by molar-refractivity contribution is 0.0572. The summed E-state index contributed by atoms with van der Waals surface area (Å²) >= 11 is 0. The summed E-state index contributed by atoms with van der Waals surface area (Å²) in [7, 11) is 4.59. The summed E-state index contributed by atoms with van der Waals surface area (Å²) < 4.78 is 21.3. The zero-order valence-electron chi connectivity index (χ0n) is 16.5. The van der Waals surface area contributed by atoms with Gasteiger partial charge in [0, 0.05) is 38.4 Å². The average Bonchev–Trinajstić information content (AvgIpc) is 3.15. The Morgan fingerprint density at radius 2 is 1.64 bits per heavy atom. The predicted octanol–water partition coefficient (Wildman–Crippen LogP) is 2.11. The molecule has 1 aromatic heterocycles. The van der Waals surface area contributed by atoms with Gasteiger partial charge in [-0.2, -0.15) is 0 Å². The molecule has 1 N–H and O–H groups in total. The molecule has 1 fully saturated rings. The molecule has 0 radical (unpaired) electrons. The molecule has 2 aromatic rings. The van der Waals surface area contributed by atoms with Crippen molar-refractivity contribution in [2.75, 3.05) is 54.1 Å². The van der Waals surface area contributed by atoms with Crippen LogP contribution in [0.5, 0.6) is 17.2 Å². The molecule has 9 nitrogen and oxygen atoms in total. The molecule has 9 heteroatoms. The molecular weight excluding hydrogens is 366 g/mol. The predicted molar refractivity (Wildman–Crippen MR) is 102 cm³/mol. The lowest BCUT2D eigenvalue weighted by Gasteiger charge is -2.34. The second-order valence-corrected chi connectivity index (χ2v) is 6.25. The van der Waals surface area contributed by atoms with Crippen molar-refractivity contribution in [3.8, 4) is 17.2 Å². The van der Waals surface area contributed by atoms with Crippen LogP contribution in [0.25, 0.3) is 10.9 Å². The molecule has 28 heavy (non-hydrogen) atoms. The minimum absolute atomic E-state index is 0.139.